The Hall–Kier alpha value is -0.780. The fourth-order valence-corrected chi connectivity index (χ4v) is 3.00. The molecule has 0 spiro atoms. The van der Waals surface area contributed by atoms with Gasteiger partial charge in [-0.2, -0.15) is 0 Å². The normalized spacial score (nSPS) is 10.5. The Bertz CT molecular complexity index is 650. The average molecular weight is 439 g/mol. The van der Waals surface area contributed by atoms with E-state index in [1.165, 1.54) is 12.1 Å². The van der Waals surface area contributed by atoms with Gasteiger partial charge < -0.3 is 9.47 Å². The molecule has 6 heteroatoms. The first-order valence-corrected chi connectivity index (χ1v) is 8.16. The summed E-state index contributed by atoms with van der Waals surface area (Å²) >= 11 is 12.6. The lowest BCUT2D eigenvalue weighted by Crippen LogP contribution is -2.00. The number of hydrogen-bond acceptors (Lipinski definition) is 2. The van der Waals surface area contributed by atoms with Crippen LogP contribution in [0.25, 0.3) is 0 Å². The third-order valence-corrected chi connectivity index (χ3v) is 4.47. The molecule has 2 aromatic carbocycles. The van der Waals surface area contributed by atoms with Crippen molar-refractivity contribution < 1.29 is 13.9 Å². The van der Waals surface area contributed by atoms with Gasteiger partial charge in [-0.1, -0.05) is 22.0 Å². The molecule has 0 aromatic heterocycles. The monoisotopic (exact) mass is 436 g/mol. The van der Waals surface area contributed by atoms with Crippen molar-refractivity contribution in [2.45, 2.75) is 12.5 Å². The number of hydrogen-bond donors (Lipinski definition) is 0. The summed E-state index contributed by atoms with van der Waals surface area (Å²) in [6.45, 7) is 0.288. The Labute approximate surface area is 144 Å². The van der Waals surface area contributed by atoms with Gasteiger partial charge in [0, 0.05) is 15.9 Å². The van der Waals surface area contributed by atoms with Crippen molar-refractivity contribution in [3.63, 3.8) is 0 Å². The van der Waals surface area contributed by atoms with Crippen molar-refractivity contribution in [3.05, 3.63) is 56.2 Å². The van der Waals surface area contributed by atoms with Crippen LogP contribution in [0.3, 0.4) is 0 Å². The van der Waals surface area contributed by atoms with Crippen molar-refractivity contribution in [1.29, 1.82) is 0 Å². The summed E-state index contributed by atoms with van der Waals surface area (Å²) in [7, 11) is 1.57. The second-order valence-electron chi connectivity index (χ2n) is 4.27. The number of halogens is 4. The van der Waals surface area contributed by atoms with Crippen LogP contribution in [0, 0.1) is 5.82 Å². The van der Waals surface area contributed by atoms with Crippen LogP contribution in [0.15, 0.2) is 39.3 Å². The van der Waals surface area contributed by atoms with Crippen LogP contribution >= 0.6 is 43.5 Å². The lowest BCUT2D eigenvalue weighted by atomic mass is 10.2. The van der Waals surface area contributed by atoms with E-state index >= 15 is 0 Å². The molecule has 0 N–H and O–H groups in total. The summed E-state index contributed by atoms with van der Waals surface area (Å²) < 4.78 is 25.6. The van der Waals surface area contributed by atoms with Crippen molar-refractivity contribution in [3.8, 4) is 11.5 Å². The van der Waals surface area contributed by atoms with E-state index in [0.29, 0.717) is 21.9 Å². The largest absolute Gasteiger partial charge is 0.493 e. The molecular weight excluding hydrogens is 426 g/mol. The number of ether oxygens (including phenoxy) is 2. The minimum Gasteiger partial charge on any atom is -0.493 e. The van der Waals surface area contributed by atoms with Crippen molar-refractivity contribution >= 4 is 43.5 Å². The molecule has 2 rings (SSSR count). The molecule has 0 fully saturated rings. The first-order chi connectivity index (χ1) is 10.0. The van der Waals surface area contributed by atoms with Gasteiger partial charge in [-0.05, 0) is 45.8 Å². The maximum atomic E-state index is 13.1. The topological polar surface area (TPSA) is 18.5 Å². The minimum atomic E-state index is -0.296. The Balaban J connectivity index is 2.23. The van der Waals surface area contributed by atoms with E-state index in [9.17, 15) is 4.39 Å². The molecule has 0 amide bonds. The summed E-state index contributed by atoms with van der Waals surface area (Å²) in [5, 5.41) is 0. The second-order valence-corrected chi connectivity index (χ2v) is 6.24. The summed E-state index contributed by atoms with van der Waals surface area (Å²) in [5.74, 6) is 1.27. The maximum absolute atomic E-state index is 13.1. The number of rotatable bonds is 5. The van der Waals surface area contributed by atoms with Gasteiger partial charge in [0.2, 0.25) is 0 Å². The first-order valence-electron chi connectivity index (χ1n) is 6.04. The van der Waals surface area contributed by atoms with Crippen molar-refractivity contribution in [2.24, 2.45) is 0 Å². The van der Waals surface area contributed by atoms with E-state index in [4.69, 9.17) is 21.1 Å². The summed E-state index contributed by atoms with van der Waals surface area (Å²) in [4.78, 5) is 0. The molecule has 0 bridgehead atoms. The van der Waals surface area contributed by atoms with Crippen LogP contribution in [0.1, 0.15) is 11.1 Å². The predicted molar refractivity (Wildman–Crippen MR) is 88.7 cm³/mol. The summed E-state index contributed by atoms with van der Waals surface area (Å²) in [6, 6.07) is 8.18. The number of methoxy groups -OCH3 is 1. The Kier molecular flexibility index (Phi) is 5.90. The third kappa shape index (κ3) is 4.11. The summed E-state index contributed by atoms with van der Waals surface area (Å²) in [6.07, 6.45) is 0. The predicted octanol–water partition coefficient (Wildman–Crippen LogP) is 5.68. The van der Waals surface area contributed by atoms with Crippen LogP contribution in [-0.4, -0.2) is 7.11 Å². The van der Waals surface area contributed by atoms with Gasteiger partial charge in [0.05, 0.1) is 11.6 Å². The zero-order valence-corrected chi connectivity index (χ0v) is 15.1. The van der Waals surface area contributed by atoms with Gasteiger partial charge >= 0.3 is 0 Å². The number of alkyl halides is 1. The molecule has 0 atom stereocenters. The molecule has 21 heavy (non-hydrogen) atoms. The van der Waals surface area contributed by atoms with Crippen LogP contribution < -0.4 is 9.47 Å². The highest BCUT2D eigenvalue weighted by atomic mass is 79.9. The molecule has 0 aliphatic carbocycles. The highest BCUT2D eigenvalue weighted by molar-refractivity contribution is 9.10. The summed E-state index contributed by atoms with van der Waals surface area (Å²) in [5.41, 5.74) is 1.77. The standard InChI is InChI=1S/C15H12Br2ClFO2/c1-20-14-5-9(7-18)4-13(17)15(14)21-8-10-2-3-11(19)6-12(10)16/h2-6H,7-8H2,1H3. The Morgan fingerprint density at radius 2 is 1.90 bits per heavy atom. The van der Waals surface area contributed by atoms with Crippen LogP contribution in [0.4, 0.5) is 4.39 Å². The van der Waals surface area contributed by atoms with Gasteiger partial charge in [-0.15, -0.1) is 11.6 Å². The van der Waals surface area contributed by atoms with Gasteiger partial charge in [-0.3, -0.25) is 0 Å². The Morgan fingerprint density at radius 1 is 1.14 bits per heavy atom. The average Bonchev–Trinajstić information content (AvgIpc) is 2.46. The SMILES string of the molecule is COc1cc(CCl)cc(Br)c1OCc1ccc(F)cc1Br. The first kappa shape index (κ1) is 16.6. The second kappa shape index (κ2) is 7.47. The fraction of sp³-hybridized carbons (Fsp3) is 0.200. The zero-order chi connectivity index (χ0) is 15.4. The third-order valence-electron chi connectivity index (χ3n) is 2.83. The van der Waals surface area contributed by atoms with Gasteiger partial charge in [0.1, 0.15) is 12.4 Å². The van der Waals surface area contributed by atoms with E-state index in [2.05, 4.69) is 31.9 Å². The maximum Gasteiger partial charge on any atom is 0.175 e. The molecule has 0 heterocycles. The van der Waals surface area contributed by atoms with Crippen molar-refractivity contribution in [1.82, 2.24) is 0 Å². The fourth-order valence-electron chi connectivity index (χ4n) is 1.78. The molecule has 0 unspecified atom stereocenters. The molecule has 2 nitrogen and oxygen atoms in total. The number of benzene rings is 2. The lowest BCUT2D eigenvalue weighted by Gasteiger charge is -2.14. The molecule has 0 aliphatic rings. The molecule has 2 aromatic rings. The minimum absolute atomic E-state index is 0.288. The van der Waals surface area contributed by atoms with Crippen molar-refractivity contribution in [2.75, 3.05) is 7.11 Å². The van der Waals surface area contributed by atoms with E-state index in [1.807, 2.05) is 12.1 Å². The highest BCUT2D eigenvalue weighted by Gasteiger charge is 2.12. The lowest BCUT2D eigenvalue weighted by molar-refractivity contribution is 0.281. The highest BCUT2D eigenvalue weighted by Crippen LogP contribution is 2.37. The van der Waals surface area contributed by atoms with E-state index < -0.39 is 0 Å². The van der Waals surface area contributed by atoms with Gasteiger partial charge in [0.25, 0.3) is 0 Å². The molecule has 0 saturated heterocycles. The smallest absolute Gasteiger partial charge is 0.175 e. The van der Waals surface area contributed by atoms with Crippen LogP contribution in [0.2, 0.25) is 0 Å². The van der Waals surface area contributed by atoms with Gasteiger partial charge in [-0.25, -0.2) is 4.39 Å². The van der Waals surface area contributed by atoms with E-state index in [0.717, 1.165) is 15.6 Å². The van der Waals surface area contributed by atoms with E-state index in [1.54, 1.807) is 13.2 Å². The molecular formula is C15H12Br2ClFO2. The van der Waals surface area contributed by atoms with Crippen LogP contribution in [0.5, 0.6) is 11.5 Å². The molecule has 0 saturated carbocycles. The molecule has 0 aliphatic heterocycles. The molecule has 0 radical (unpaired) electrons. The zero-order valence-electron chi connectivity index (χ0n) is 11.1. The quantitative estimate of drug-likeness (QED) is 0.560. The van der Waals surface area contributed by atoms with Crippen LogP contribution in [-0.2, 0) is 12.5 Å². The Morgan fingerprint density at radius 3 is 2.52 bits per heavy atom. The van der Waals surface area contributed by atoms with Gasteiger partial charge in [0.15, 0.2) is 11.5 Å². The molecule has 112 valence electrons. The van der Waals surface area contributed by atoms with E-state index in [-0.39, 0.29) is 12.4 Å².